The number of ether oxygens (including phenoxy) is 5. The Kier molecular flexibility index (Phi) is 6.66. The molecule has 0 N–H and O–H groups in total. The topological polar surface area (TPSA) is 106 Å². The summed E-state index contributed by atoms with van der Waals surface area (Å²) in [6, 6.07) is 11.4. The highest BCUT2D eigenvalue weighted by Gasteiger charge is 2.33. The molecule has 5 rings (SSSR count). The van der Waals surface area contributed by atoms with Crippen molar-refractivity contribution >= 4 is 11.4 Å². The largest absolute Gasteiger partial charge is 0.497 e. The van der Waals surface area contributed by atoms with Gasteiger partial charge in [0.15, 0.2) is 28.6 Å². The zero-order valence-corrected chi connectivity index (χ0v) is 21.4. The zero-order chi connectivity index (χ0) is 26.1. The van der Waals surface area contributed by atoms with Crippen LogP contribution in [0.1, 0.15) is 39.8 Å². The number of nitrogens with zero attached hydrogens (tertiary/aromatic N) is 4. The summed E-state index contributed by atoms with van der Waals surface area (Å²) in [4.78, 5) is 13.2. The van der Waals surface area contributed by atoms with E-state index in [0.29, 0.717) is 46.4 Å². The van der Waals surface area contributed by atoms with Gasteiger partial charge in [0.05, 0.1) is 52.0 Å². The minimum Gasteiger partial charge on any atom is -0.497 e. The van der Waals surface area contributed by atoms with Crippen molar-refractivity contribution in [3.05, 3.63) is 59.0 Å². The number of Topliss-reactive ketones (excluding diaryl/α,β-unsaturated/α-hetero) is 1. The Balaban J connectivity index is 1.64. The van der Waals surface area contributed by atoms with Crippen molar-refractivity contribution in [2.24, 2.45) is 0 Å². The third kappa shape index (κ3) is 4.23. The molecule has 1 atom stereocenters. The van der Waals surface area contributed by atoms with Gasteiger partial charge >= 0.3 is 0 Å². The van der Waals surface area contributed by atoms with Gasteiger partial charge in [-0.3, -0.25) is 4.79 Å². The van der Waals surface area contributed by atoms with Gasteiger partial charge in [-0.2, -0.15) is 5.10 Å². The molecular formula is C27H28N4O6. The van der Waals surface area contributed by atoms with Crippen LogP contribution >= 0.6 is 0 Å². The van der Waals surface area contributed by atoms with Crippen LogP contribution in [0, 0.1) is 0 Å². The maximum atomic E-state index is 13.2. The van der Waals surface area contributed by atoms with E-state index in [2.05, 4.69) is 10.2 Å². The molecule has 37 heavy (non-hydrogen) atoms. The molecule has 2 aromatic carbocycles. The molecule has 4 aromatic rings. The Labute approximate surface area is 214 Å². The molecule has 0 saturated heterocycles. The third-order valence-corrected chi connectivity index (χ3v) is 6.66. The van der Waals surface area contributed by atoms with Gasteiger partial charge in [0.25, 0.3) is 0 Å². The number of methoxy groups -OCH3 is 5. The lowest BCUT2D eigenvalue weighted by Crippen LogP contribution is -2.24. The first-order valence-electron chi connectivity index (χ1n) is 11.8. The highest BCUT2D eigenvalue weighted by Crippen LogP contribution is 2.43. The number of fused-ring (bicyclic) bond motifs is 3. The molecule has 10 heteroatoms. The molecular weight excluding hydrogens is 476 g/mol. The third-order valence-electron chi connectivity index (χ3n) is 6.66. The Bertz CT molecular complexity index is 1440. The average Bonchev–Trinajstić information content (AvgIpc) is 3.30. The Hall–Kier alpha value is -4.18. The molecule has 1 aliphatic carbocycles. The van der Waals surface area contributed by atoms with Crippen LogP contribution in [0.2, 0.25) is 0 Å². The molecule has 1 aliphatic rings. The van der Waals surface area contributed by atoms with E-state index in [4.69, 9.17) is 28.8 Å². The summed E-state index contributed by atoms with van der Waals surface area (Å²) in [5, 5.41) is 13.6. The smallest absolute Gasteiger partial charge is 0.203 e. The van der Waals surface area contributed by atoms with Crippen molar-refractivity contribution in [2.75, 3.05) is 35.5 Å². The van der Waals surface area contributed by atoms with Crippen molar-refractivity contribution in [3.8, 4) is 34.1 Å². The average molecular weight is 505 g/mol. The lowest BCUT2D eigenvalue weighted by molar-refractivity contribution is 0.0955. The summed E-state index contributed by atoms with van der Waals surface area (Å²) < 4.78 is 29.0. The van der Waals surface area contributed by atoms with Gasteiger partial charge in [-0.15, -0.1) is 10.2 Å². The minimum absolute atomic E-state index is 0.0933. The first-order valence-corrected chi connectivity index (χ1v) is 11.8. The van der Waals surface area contributed by atoms with Crippen LogP contribution in [-0.2, 0) is 17.8 Å². The SMILES string of the molecule is COCc1nn2c3c(nnc2c1-c1ccc(OC)cc1)C(=O)C[C@@H](c1cc(OC)c(OC)c(OC)c1)C3. The predicted octanol–water partition coefficient (Wildman–Crippen LogP) is 3.88. The summed E-state index contributed by atoms with van der Waals surface area (Å²) in [5.74, 6) is 2.10. The number of carbonyl (C=O) groups is 1. The number of ketones is 1. The van der Waals surface area contributed by atoms with Crippen LogP contribution in [0.4, 0.5) is 0 Å². The fourth-order valence-electron chi connectivity index (χ4n) is 4.88. The number of carbonyl (C=O) groups excluding carboxylic acids is 1. The Morgan fingerprint density at radius 1 is 0.892 bits per heavy atom. The summed E-state index contributed by atoms with van der Waals surface area (Å²) in [7, 11) is 7.95. The molecule has 2 heterocycles. The normalized spacial score (nSPS) is 14.9. The van der Waals surface area contributed by atoms with Gasteiger partial charge in [0.2, 0.25) is 5.75 Å². The van der Waals surface area contributed by atoms with E-state index in [9.17, 15) is 4.79 Å². The standard InChI is InChI=1S/C27H28N4O6/c1-33-14-19-24(15-6-8-18(34-2)9-7-15)27-29-28-25-20(31(27)30-19)10-16(11-21(25)32)17-12-22(35-3)26(37-5)23(13-17)36-4/h6-9,12-13,16H,10-11,14H2,1-5H3/t16-/m0/s1. The van der Waals surface area contributed by atoms with Crippen LogP contribution < -0.4 is 18.9 Å². The first-order chi connectivity index (χ1) is 18.0. The van der Waals surface area contributed by atoms with Crippen molar-refractivity contribution in [3.63, 3.8) is 0 Å². The molecule has 0 fully saturated rings. The van der Waals surface area contributed by atoms with Gasteiger partial charge in [-0.25, -0.2) is 4.52 Å². The van der Waals surface area contributed by atoms with Crippen LogP contribution in [0.15, 0.2) is 36.4 Å². The maximum absolute atomic E-state index is 13.2. The van der Waals surface area contributed by atoms with E-state index < -0.39 is 0 Å². The van der Waals surface area contributed by atoms with E-state index in [0.717, 1.165) is 22.4 Å². The summed E-state index contributed by atoms with van der Waals surface area (Å²) in [6.07, 6.45) is 0.811. The molecule has 10 nitrogen and oxygen atoms in total. The molecule has 192 valence electrons. The second kappa shape index (κ2) is 10.1. The van der Waals surface area contributed by atoms with Crippen LogP contribution in [0.3, 0.4) is 0 Å². The molecule has 0 spiro atoms. The van der Waals surface area contributed by atoms with Crippen LogP contribution in [0.25, 0.3) is 16.8 Å². The lowest BCUT2D eigenvalue weighted by atomic mass is 9.83. The van der Waals surface area contributed by atoms with Crippen molar-refractivity contribution in [2.45, 2.75) is 25.4 Å². The van der Waals surface area contributed by atoms with Gasteiger partial charge in [-0.05, 0) is 47.7 Å². The summed E-state index contributed by atoms with van der Waals surface area (Å²) >= 11 is 0. The minimum atomic E-state index is -0.138. The molecule has 0 bridgehead atoms. The summed E-state index contributed by atoms with van der Waals surface area (Å²) in [6.45, 7) is 0.281. The number of hydrogen-bond donors (Lipinski definition) is 0. The predicted molar refractivity (Wildman–Crippen MR) is 135 cm³/mol. The fraction of sp³-hybridized carbons (Fsp3) is 0.333. The molecule has 0 radical (unpaired) electrons. The number of hydrogen-bond acceptors (Lipinski definition) is 9. The quantitative estimate of drug-likeness (QED) is 0.353. The molecule has 0 unspecified atom stereocenters. The number of rotatable bonds is 8. The lowest BCUT2D eigenvalue weighted by Gasteiger charge is -2.24. The second-order valence-electron chi connectivity index (χ2n) is 8.70. The molecule has 0 aliphatic heterocycles. The van der Waals surface area contributed by atoms with E-state index >= 15 is 0 Å². The Morgan fingerprint density at radius 2 is 1.59 bits per heavy atom. The van der Waals surface area contributed by atoms with Crippen LogP contribution in [0.5, 0.6) is 23.0 Å². The van der Waals surface area contributed by atoms with E-state index in [1.165, 1.54) is 0 Å². The van der Waals surface area contributed by atoms with Crippen molar-refractivity contribution < 1.29 is 28.5 Å². The summed E-state index contributed by atoms with van der Waals surface area (Å²) in [5.41, 5.74) is 4.92. The van der Waals surface area contributed by atoms with E-state index in [1.54, 1.807) is 40.1 Å². The van der Waals surface area contributed by atoms with Crippen molar-refractivity contribution in [1.82, 2.24) is 19.8 Å². The van der Waals surface area contributed by atoms with Gasteiger partial charge in [0.1, 0.15) is 5.75 Å². The second-order valence-corrected chi connectivity index (χ2v) is 8.70. The van der Waals surface area contributed by atoms with Gasteiger partial charge in [-0.1, -0.05) is 12.1 Å². The monoisotopic (exact) mass is 504 g/mol. The first kappa shape index (κ1) is 24.5. The maximum Gasteiger partial charge on any atom is 0.203 e. The zero-order valence-electron chi connectivity index (χ0n) is 21.4. The van der Waals surface area contributed by atoms with E-state index in [1.807, 2.05) is 36.4 Å². The number of aromatic nitrogens is 4. The number of benzene rings is 2. The van der Waals surface area contributed by atoms with E-state index in [-0.39, 0.29) is 24.7 Å². The fourth-order valence-corrected chi connectivity index (χ4v) is 4.88. The molecule has 0 saturated carbocycles. The highest BCUT2D eigenvalue weighted by atomic mass is 16.5. The van der Waals surface area contributed by atoms with Crippen molar-refractivity contribution in [1.29, 1.82) is 0 Å². The highest BCUT2D eigenvalue weighted by molar-refractivity contribution is 5.97. The Morgan fingerprint density at radius 3 is 2.19 bits per heavy atom. The molecule has 0 amide bonds. The van der Waals surface area contributed by atoms with Gasteiger partial charge in [0, 0.05) is 13.5 Å². The van der Waals surface area contributed by atoms with Gasteiger partial charge < -0.3 is 23.7 Å². The molecule has 2 aromatic heterocycles. The van der Waals surface area contributed by atoms with Crippen LogP contribution in [-0.4, -0.2) is 61.1 Å².